The summed E-state index contributed by atoms with van der Waals surface area (Å²) in [6.07, 6.45) is -7.07. The molecule has 0 bridgehead atoms. The number of rotatable bonds is 6. The number of nitrogens with zero attached hydrogens (tertiary/aromatic N) is 2. The third kappa shape index (κ3) is 5.56. The van der Waals surface area contributed by atoms with Crippen molar-refractivity contribution < 1.29 is 26.7 Å². The summed E-state index contributed by atoms with van der Waals surface area (Å²) in [4.78, 5) is 3.81. The molecule has 0 spiro atoms. The number of halogens is 3. The van der Waals surface area contributed by atoms with Crippen molar-refractivity contribution in [2.24, 2.45) is 0 Å². The van der Waals surface area contributed by atoms with Crippen LogP contribution in [0.15, 0.2) is 29.2 Å². The van der Waals surface area contributed by atoms with E-state index < -0.39 is 28.7 Å². The van der Waals surface area contributed by atoms with Crippen LogP contribution in [0, 0.1) is 0 Å². The Kier molecular flexibility index (Phi) is 6.30. The lowest BCUT2D eigenvalue weighted by atomic mass is 10.2. The highest BCUT2D eigenvalue weighted by atomic mass is 32.2. The number of para-hydroxylation sites is 1. The first-order valence-electron chi connectivity index (χ1n) is 7.87. The van der Waals surface area contributed by atoms with Crippen molar-refractivity contribution in [3.63, 3.8) is 0 Å². The second-order valence-electron chi connectivity index (χ2n) is 5.94. The van der Waals surface area contributed by atoms with Crippen LogP contribution in [-0.4, -0.2) is 70.5 Å². The quantitative estimate of drug-likeness (QED) is 0.770. The smallest absolute Gasteiger partial charge is 0.391 e. The molecule has 2 rings (SSSR count). The number of hydrogen-bond acceptors (Lipinski definition) is 5. The number of piperazine rings is 1. The van der Waals surface area contributed by atoms with Gasteiger partial charge in [0.15, 0.2) is 0 Å². The summed E-state index contributed by atoms with van der Waals surface area (Å²) in [5.41, 5.74) is 0.562. The van der Waals surface area contributed by atoms with Gasteiger partial charge in [-0.15, -0.1) is 0 Å². The zero-order valence-electron chi connectivity index (χ0n) is 13.8. The van der Waals surface area contributed by atoms with Gasteiger partial charge in [-0.05, 0) is 19.2 Å². The molecule has 1 aliphatic rings. The lowest BCUT2D eigenvalue weighted by molar-refractivity contribution is -0.155. The zero-order valence-corrected chi connectivity index (χ0v) is 14.6. The fraction of sp³-hybridized carbons (Fsp3) is 0.600. The highest BCUT2D eigenvalue weighted by molar-refractivity contribution is 7.89. The lowest BCUT2D eigenvalue weighted by Gasteiger charge is -2.37. The molecule has 6 nitrogen and oxygen atoms in total. The highest BCUT2D eigenvalue weighted by Gasteiger charge is 2.32. The van der Waals surface area contributed by atoms with Gasteiger partial charge in [0, 0.05) is 32.7 Å². The molecule has 142 valence electrons. The van der Waals surface area contributed by atoms with Crippen molar-refractivity contribution in [2.75, 3.05) is 44.7 Å². The topological polar surface area (TPSA) is 72.9 Å². The van der Waals surface area contributed by atoms with Crippen LogP contribution in [0.3, 0.4) is 0 Å². The normalized spacial score (nSPS) is 18.4. The van der Waals surface area contributed by atoms with Crippen LogP contribution in [-0.2, 0) is 10.0 Å². The van der Waals surface area contributed by atoms with Crippen LogP contribution in [0.5, 0.6) is 0 Å². The molecular weight excluding hydrogens is 359 g/mol. The van der Waals surface area contributed by atoms with Crippen molar-refractivity contribution in [2.45, 2.75) is 23.6 Å². The number of nitrogens with one attached hydrogen (secondary N) is 1. The fourth-order valence-corrected chi connectivity index (χ4v) is 3.81. The van der Waals surface area contributed by atoms with Gasteiger partial charge in [0.1, 0.15) is 4.90 Å². The molecule has 1 aromatic carbocycles. The largest absolute Gasteiger partial charge is 0.391 e. The average molecular weight is 381 g/mol. The van der Waals surface area contributed by atoms with Crippen molar-refractivity contribution >= 4 is 15.7 Å². The van der Waals surface area contributed by atoms with Crippen LogP contribution in [0.4, 0.5) is 18.9 Å². The monoisotopic (exact) mass is 381 g/mol. The average Bonchev–Trinajstić information content (AvgIpc) is 2.54. The second kappa shape index (κ2) is 7.90. The molecule has 0 amide bonds. The lowest BCUT2D eigenvalue weighted by Crippen LogP contribution is -2.49. The summed E-state index contributed by atoms with van der Waals surface area (Å²) in [7, 11) is -2.26. The third-order valence-corrected chi connectivity index (χ3v) is 5.53. The SMILES string of the molecule is CNS(=O)(=O)c1ccccc1N1CCN(C[C@H](O)CC(F)(F)F)CC1. The van der Waals surface area contributed by atoms with Crippen molar-refractivity contribution in [1.29, 1.82) is 0 Å². The van der Waals surface area contributed by atoms with Crippen molar-refractivity contribution in [3.05, 3.63) is 24.3 Å². The Morgan fingerprint density at radius 1 is 1.20 bits per heavy atom. The third-order valence-electron chi connectivity index (χ3n) is 4.07. The van der Waals surface area contributed by atoms with E-state index in [1.54, 1.807) is 23.1 Å². The molecule has 10 heteroatoms. The number of aliphatic hydroxyl groups is 1. The standard InChI is InChI=1S/C15H22F3N3O3S/c1-19-25(23,24)14-5-3-2-4-13(14)21-8-6-20(7-9-21)11-12(22)10-15(16,17)18/h2-5,12,19,22H,6-11H2,1H3/t12-/m1/s1. The molecule has 25 heavy (non-hydrogen) atoms. The maximum Gasteiger partial charge on any atom is 0.391 e. The van der Waals surface area contributed by atoms with Gasteiger partial charge in [0.05, 0.1) is 18.2 Å². The molecule has 1 aromatic rings. The molecule has 0 aliphatic carbocycles. The summed E-state index contributed by atoms with van der Waals surface area (Å²) >= 11 is 0. The molecule has 1 atom stereocenters. The van der Waals surface area contributed by atoms with Gasteiger partial charge in [-0.2, -0.15) is 13.2 Å². The van der Waals surface area contributed by atoms with Crippen molar-refractivity contribution in [3.8, 4) is 0 Å². The van der Waals surface area contributed by atoms with Gasteiger partial charge in [0.25, 0.3) is 0 Å². The van der Waals surface area contributed by atoms with Gasteiger partial charge < -0.3 is 10.0 Å². The minimum absolute atomic E-state index is 0.0518. The summed E-state index contributed by atoms with van der Waals surface area (Å²) < 4.78 is 63.4. The highest BCUT2D eigenvalue weighted by Crippen LogP contribution is 2.26. The Hall–Kier alpha value is -1.36. The van der Waals surface area contributed by atoms with Gasteiger partial charge in [-0.25, -0.2) is 13.1 Å². The van der Waals surface area contributed by atoms with Crippen LogP contribution in [0.2, 0.25) is 0 Å². The first-order valence-corrected chi connectivity index (χ1v) is 9.35. The number of β-amino-alcohol motifs (C(OH)–C–C–N with tert-alkyl or cyclic N) is 1. The molecule has 1 saturated heterocycles. The van der Waals surface area contributed by atoms with E-state index in [2.05, 4.69) is 4.72 Å². The first kappa shape index (κ1) is 20.0. The number of anilines is 1. The van der Waals surface area contributed by atoms with Crippen LogP contribution in [0.1, 0.15) is 6.42 Å². The maximum absolute atomic E-state index is 12.3. The first-order chi connectivity index (χ1) is 11.6. The van der Waals surface area contributed by atoms with E-state index >= 15 is 0 Å². The molecule has 0 unspecified atom stereocenters. The molecule has 0 saturated carbocycles. The predicted octanol–water partition coefficient (Wildman–Crippen LogP) is 1.03. The molecule has 1 fully saturated rings. The number of aliphatic hydroxyl groups excluding tert-OH is 1. The van der Waals surface area contributed by atoms with E-state index in [4.69, 9.17) is 0 Å². The number of hydrogen-bond donors (Lipinski definition) is 2. The van der Waals surface area contributed by atoms with Crippen LogP contribution < -0.4 is 9.62 Å². The van der Waals surface area contributed by atoms with Gasteiger partial charge in [-0.3, -0.25) is 4.90 Å². The van der Waals surface area contributed by atoms with E-state index in [9.17, 15) is 26.7 Å². The van der Waals surface area contributed by atoms with Crippen LogP contribution in [0.25, 0.3) is 0 Å². The Bertz CT molecular complexity index is 674. The molecule has 0 aromatic heterocycles. The second-order valence-corrected chi connectivity index (χ2v) is 7.79. The van der Waals surface area contributed by atoms with E-state index in [0.717, 1.165) is 0 Å². The van der Waals surface area contributed by atoms with Gasteiger partial charge >= 0.3 is 6.18 Å². The Morgan fingerprint density at radius 3 is 2.36 bits per heavy atom. The zero-order chi connectivity index (χ0) is 18.7. The van der Waals surface area contributed by atoms with E-state index in [1.165, 1.54) is 13.1 Å². The molecule has 0 radical (unpaired) electrons. The van der Waals surface area contributed by atoms with E-state index in [1.807, 2.05) is 4.90 Å². The Morgan fingerprint density at radius 2 is 1.80 bits per heavy atom. The molecule has 2 N–H and O–H groups in total. The number of alkyl halides is 3. The maximum atomic E-state index is 12.3. The van der Waals surface area contributed by atoms with Crippen LogP contribution >= 0.6 is 0 Å². The minimum Gasteiger partial charge on any atom is -0.391 e. The predicted molar refractivity (Wildman–Crippen MR) is 88.0 cm³/mol. The molecule has 1 aliphatic heterocycles. The number of sulfonamides is 1. The van der Waals surface area contributed by atoms with E-state index in [-0.39, 0.29) is 11.4 Å². The van der Waals surface area contributed by atoms with E-state index in [0.29, 0.717) is 31.9 Å². The Labute approximate surface area is 145 Å². The summed E-state index contributed by atoms with van der Waals surface area (Å²) in [5.74, 6) is 0. The Balaban J connectivity index is 1.99. The minimum atomic E-state index is -4.39. The number of benzene rings is 1. The summed E-state index contributed by atoms with van der Waals surface area (Å²) in [6.45, 7) is 1.78. The summed E-state index contributed by atoms with van der Waals surface area (Å²) in [5, 5.41) is 9.54. The van der Waals surface area contributed by atoms with Crippen molar-refractivity contribution in [1.82, 2.24) is 9.62 Å². The molecule has 1 heterocycles. The molecular formula is C15H22F3N3O3S. The van der Waals surface area contributed by atoms with Gasteiger partial charge in [-0.1, -0.05) is 12.1 Å². The van der Waals surface area contributed by atoms with Gasteiger partial charge in [0.2, 0.25) is 10.0 Å². The summed E-state index contributed by atoms with van der Waals surface area (Å²) in [6, 6.07) is 6.60. The fourth-order valence-electron chi connectivity index (χ4n) is 2.86.